The Morgan fingerprint density at radius 1 is 1.23 bits per heavy atom. The van der Waals surface area contributed by atoms with Gasteiger partial charge in [0.2, 0.25) is 5.91 Å². The minimum Gasteiger partial charge on any atom is -0.343 e. The molecule has 1 fully saturated rings. The van der Waals surface area contributed by atoms with Crippen molar-refractivity contribution in [3.63, 3.8) is 0 Å². The van der Waals surface area contributed by atoms with Gasteiger partial charge in [0.25, 0.3) is 15.9 Å². The first-order valence-electron chi connectivity index (χ1n) is 8.42. The van der Waals surface area contributed by atoms with Gasteiger partial charge in [-0.1, -0.05) is 12.1 Å². The van der Waals surface area contributed by atoms with Gasteiger partial charge >= 0.3 is 0 Å². The largest absolute Gasteiger partial charge is 0.343 e. The quantitative estimate of drug-likeness (QED) is 0.757. The van der Waals surface area contributed by atoms with Crippen molar-refractivity contribution in [2.75, 3.05) is 33.7 Å². The summed E-state index contributed by atoms with van der Waals surface area (Å²) < 4.78 is 25.8. The van der Waals surface area contributed by atoms with Crippen molar-refractivity contribution in [3.05, 3.63) is 29.8 Å². The lowest BCUT2D eigenvalue weighted by Gasteiger charge is -2.35. The second-order valence-electron chi connectivity index (χ2n) is 6.67. The zero-order valence-electron chi connectivity index (χ0n) is 14.9. The Labute approximate surface area is 160 Å². The van der Waals surface area contributed by atoms with Crippen LogP contribution in [0.4, 0.5) is 0 Å². The molecule has 0 saturated carbocycles. The van der Waals surface area contributed by atoms with Crippen LogP contribution in [0.25, 0.3) is 0 Å². The van der Waals surface area contributed by atoms with Crippen LogP contribution in [0.1, 0.15) is 29.6 Å². The monoisotopic (exact) mass is 401 g/mol. The normalized spacial score (nSPS) is 19.8. The molecule has 0 aromatic heterocycles. The summed E-state index contributed by atoms with van der Waals surface area (Å²) >= 11 is 0. The van der Waals surface area contributed by atoms with Gasteiger partial charge in [-0.25, -0.2) is 12.7 Å². The molecule has 2 amide bonds. The average molecular weight is 402 g/mol. The molecular weight excluding hydrogens is 378 g/mol. The smallest absolute Gasteiger partial charge is 0.269 e. The third kappa shape index (κ3) is 3.72. The molecule has 2 heterocycles. The van der Waals surface area contributed by atoms with E-state index in [4.69, 9.17) is 0 Å². The van der Waals surface area contributed by atoms with Gasteiger partial charge in [-0.15, -0.1) is 12.4 Å². The molecule has 2 aliphatic rings. The Morgan fingerprint density at radius 2 is 1.85 bits per heavy atom. The van der Waals surface area contributed by atoms with Crippen molar-refractivity contribution in [2.45, 2.75) is 30.2 Å². The van der Waals surface area contributed by atoms with Crippen LogP contribution < -0.4 is 0 Å². The van der Waals surface area contributed by atoms with Gasteiger partial charge in [0.15, 0.2) is 0 Å². The van der Waals surface area contributed by atoms with Crippen LogP contribution in [-0.2, 0) is 14.8 Å². The van der Waals surface area contributed by atoms with Crippen LogP contribution >= 0.6 is 12.4 Å². The number of nitrogens with zero attached hydrogens (tertiary/aromatic N) is 3. The minimum atomic E-state index is -3.84. The Bertz CT molecular complexity index is 791. The molecule has 1 saturated heterocycles. The van der Waals surface area contributed by atoms with E-state index in [-0.39, 0.29) is 47.8 Å². The van der Waals surface area contributed by atoms with E-state index in [1.807, 2.05) is 0 Å². The van der Waals surface area contributed by atoms with E-state index in [0.29, 0.717) is 0 Å². The number of rotatable bonds is 4. The molecule has 9 heteroatoms. The third-order valence-corrected chi connectivity index (χ3v) is 6.91. The number of benzene rings is 1. The molecule has 3 rings (SSSR count). The third-order valence-electron chi connectivity index (χ3n) is 5.07. The molecule has 0 unspecified atom stereocenters. The van der Waals surface area contributed by atoms with Gasteiger partial charge in [-0.3, -0.25) is 9.59 Å². The summed E-state index contributed by atoms with van der Waals surface area (Å²) in [6.45, 7) is 1.76. The molecule has 144 valence electrons. The molecule has 0 bridgehead atoms. The van der Waals surface area contributed by atoms with Crippen molar-refractivity contribution in [1.29, 1.82) is 0 Å². The number of amides is 2. The lowest BCUT2D eigenvalue weighted by Crippen LogP contribution is -2.45. The minimum absolute atomic E-state index is 0. The molecule has 0 N–H and O–H groups in total. The van der Waals surface area contributed by atoms with Crippen LogP contribution in [0.5, 0.6) is 0 Å². The number of halogens is 1. The summed E-state index contributed by atoms with van der Waals surface area (Å²) in [5.74, 6) is -0.682. The fraction of sp³-hybridized carbons (Fsp3) is 0.529. The van der Waals surface area contributed by atoms with E-state index in [1.165, 1.54) is 12.1 Å². The highest BCUT2D eigenvalue weighted by Crippen LogP contribution is 2.30. The second kappa shape index (κ2) is 7.94. The summed E-state index contributed by atoms with van der Waals surface area (Å²) in [7, 11) is -0.0303. The average Bonchev–Trinajstić information content (AvgIpc) is 2.80. The molecule has 0 spiro atoms. The summed E-state index contributed by atoms with van der Waals surface area (Å²) in [5, 5.41) is 0. The van der Waals surface area contributed by atoms with E-state index in [1.54, 1.807) is 24.1 Å². The zero-order chi connectivity index (χ0) is 18.2. The number of fused-ring (bicyclic) bond motifs is 1. The number of sulfonamides is 1. The molecule has 0 radical (unpaired) electrons. The Kier molecular flexibility index (Phi) is 6.31. The lowest BCUT2D eigenvalue weighted by molar-refractivity contribution is -0.132. The maximum absolute atomic E-state index is 12.5. The van der Waals surface area contributed by atoms with E-state index >= 15 is 0 Å². The number of carbonyl (C=O) groups excluding carboxylic acids is 2. The lowest BCUT2D eigenvalue weighted by atomic mass is 10.0. The first-order chi connectivity index (χ1) is 11.8. The van der Waals surface area contributed by atoms with Gasteiger partial charge in [0, 0.05) is 26.1 Å². The SMILES string of the molecule is CN1CCC(N(C)C(=O)CCN2C(=O)c3ccccc3S2(=O)=O)CC1.Cl. The highest BCUT2D eigenvalue weighted by Gasteiger charge is 2.41. The Hall–Kier alpha value is -1.64. The maximum atomic E-state index is 12.5. The zero-order valence-corrected chi connectivity index (χ0v) is 16.6. The standard InChI is InChI=1S/C17H23N3O4S.ClH/c1-18-10-7-13(8-11-18)19(2)16(21)9-12-20-17(22)14-5-3-4-6-15(14)25(20,23)24;/h3-6,13H,7-12H2,1-2H3;1H. The number of piperidine rings is 1. The predicted molar refractivity (Wildman–Crippen MR) is 99.8 cm³/mol. The fourth-order valence-corrected chi connectivity index (χ4v) is 4.98. The summed E-state index contributed by atoms with van der Waals surface area (Å²) in [6.07, 6.45) is 1.82. The molecule has 2 aliphatic heterocycles. The molecule has 1 aromatic carbocycles. The van der Waals surface area contributed by atoms with E-state index in [0.717, 1.165) is 30.2 Å². The van der Waals surface area contributed by atoms with Crippen molar-refractivity contribution >= 4 is 34.2 Å². The highest BCUT2D eigenvalue weighted by molar-refractivity contribution is 7.90. The van der Waals surface area contributed by atoms with Gasteiger partial charge in [0.05, 0.1) is 5.56 Å². The summed E-state index contributed by atoms with van der Waals surface area (Å²) in [5.41, 5.74) is 0.179. The predicted octanol–water partition coefficient (Wildman–Crippen LogP) is 1.20. The van der Waals surface area contributed by atoms with Gasteiger partial charge in [-0.05, 0) is 45.1 Å². The first-order valence-corrected chi connectivity index (χ1v) is 9.86. The number of hydrogen-bond acceptors (Lipinski definition) is 5. The van der Waals surface area contributed by atoms with Crippen LogP contribution in [0.3, 0.4) is 0 Å². The van der Waals surface area contributed by atoms with Crippen LogP contribution in [-0.4, -0.2) is 74.1 Å². The Balaban J connectivity index is 0.00000243. The van der Waals surface area contributed by atoms with Crippen molar-refractivity contribution in [1.82, 2.24) is 14.1 Å². The molecular formula is C17H24ClN3O4S. The van der Waals surface area contributed by atoms with Crippen molar-refractivity contribution in [2.24, 2.45) is 0 Å². The van der Waals surface area contributed by atoms with Crippen LogP contribution in [0.2, 0.25) is 0 Å². The molecule has 26 heavy (non-hydrogen) atoms. The van der Waals surface area contributed by atoms with Crippen LogP contribution in [0, 0.1) is 0 Å². The van der Waals surface area contributed by atoms with Gasteiger partial charge in [0.1, 0.15) is 4.90 Å². The molecule has 0 atom stereocenters. The van der Waals surface area contributed by atoms with E-state index < -0.39 is 15.9 Å². The fourth-order valence-electron chi connectivity index (χ4n) is 3.41. The molecule has 1 aromatic rings. The van der Waals surface area contributed by atoms with E-state index in [9.17, 15) is 18.0 Å². The highest BCUT2D eigenvalue weighted by atomic mass is 35.5. The van der Waals surface area contributed by atoms with Gasteiger partial charge in [-0.2, -0.15) is 0 Å². The van der Waals surface area contributed by atoms with Crippen LogP contribution in [0.15, 0.2) is 29.2 Å². The number of likely N-dealkylation sites (tertiary alicyclic amines) is 1. The van der Waals surface area contributed by atoms with E-state index in [2.05, 4.69) is 11.9 Å². The number of carbonyl (C=O) groups is 2. The van der Waals surface area contributed by atoms with Gasteiger partial charge < -0.3 is 9.80 Å². The van der Waals surface area contributed by atoms with Crippen molar-refractivity contribution in [3.8, 4) is 0 Å². The Morgan fingerprint density at radius 3 is 2.46 bits per heavy atom. The maximum Gasteiger partial charge on any atom is 0.269 e. The summed E-state index contributed by atoms with van der Waals surface area (Å²) in [6, 6.07) is 6.32. The topological polar surface area (TPSA) is 78.0 Å². The molecule has 0 aliphatic carbocycles. The second-order valence-corrected chi connectivity index (χ2v) is 8.50. The molecule has 7 nitrogen and oxygen atoms in total. The summed E-state index contributed by atoms with van der Waals surface area (Å²) in [4.78, 5) is 28.7. The first kappa shape index (κ1) is 20.7. The number of hydrogen-bond donors (Lipinski definition) is 0. The van der Waals surface area contributed by atoms with Crippen molar-refractivity contribution < 1.29 is 18.0 Å².